The molecule has 0 amide bonds. The average Bonchev–Trinajstić information content (AvgIpc) is 2.30. The van der Waals surface area contributed by atoms with Crippen LogP contribution in [0.3, 0.4) is 0 Å². The number of hydrogen-bond donors (Lipinski definition) is 0. The number of methoxy groups -OCH3 is 1. The largest absolute Gasteiger partial charge is 0.469 e. The second-order valence-electron chi connectivity index (χ2n) is 3.37. The van der Waals surface area contributed by atoms with E-state index in [9.17, 15) is 9.59 Å². The Labute approximate surface area is 113 Å². The molecule has 0 atom stereocenters. The van der Waals surface area contributed by atoms with Gasteiger partial charge in [-0.25, -0.2) is 0 Å². The monoisotopic (exact) mass is 316 g/mol. The Bertz CT molecular complexity index is 432. The van der Waals surface area contributed by atoms with Gasteiger partial charge in [0.2, 0.25) is 0 Å². The summed E-state index contributed by atoms with van der Waals surface area (Å²) >= 11 is 4.82. The third-order valence-electron chi connectivity index (χ3n) is 2.11. The second kappa shape index (κ2) is 6.81. The molecule has 0 aliphatic rings. The van der Waals surface area contributed by atoms with Crippen LogP contribution in [0.5, 0.6) is 0 Å². The van der Waals surface area contributed by atoms with E-state index in [1.54, 1.807) is 6.07 Å². The van der Waals surface area contributed by atoms with Crippen LogP contribution in [-0.2, 0) is 9.53 Å². The van der Waals surface area contributed by atoms with Crippen LogP contribution in [0.2, 0.25) is 0 Å². The Hall–Kier alpha value is -0.810. The number of halogens is 1. The van der Waals surface area contributed by atoms with Gasteiger partial charge in [0.05, 0.1) is 13.5 Å². The fraction of sp³-hybridized carbons (Fsp3) is 0.333. The molecule has 0 saturated heterocycles. The summed E-state index contributed by atoms with van der Waals surface area (Å²) < 4.78 is 5.43. The first-order valence-corrected chi connectivity index (χ1v) is 6.82. The molecule has 0 saturated carbocycles. The van der Waals surface area contributed by atoms with Crippen molar-refractivity contribution in [2.45, 2.75) is 18.2 Å². The molecule has 0 N–H and O–H groups in total. The van der Waals surface area contributed by atoms with Gasteiger partial charge >= 0.3 is 5.97 Å². The molecule has 1 aromatic carbocycles. The van der Waals surface area contributed by atoms with E-state index in [4.69, 9.17) is 0 Å². The van der Waals surface area contributed by atoms with Gasteiger partial charge in [-0.15, -0.1) is 11.8 Å². The summed E-state index contributed by atoms with van der Waals surface area (Å²) in [6, 6.07) is 5.55. The van der Waals surface area contributed by atoms with E-state index in [-0.39, 0.29) is 11.8 Å². The quantitative estimate of drug-likeness (QED) is 0.475. The number of rotatable bonds is 5. The lowest BCUT2D eigenvalue weighted by atomic mass is 10.1. The lowest BCUT2D eigenvalue weighted by molar-refractivity contribution is -0.140. The van der Waals surface area contributed by atoms with Crippen molar-refractivity contribution in [1.82, 2.24) is 0 Å². The third kappa shape index (κ3) is 4.52. The Morgan fingerprint density at radius 2 is 2.12 bits per heavy atom. The van der Waals surface area contributed by atoms with Crippen LogP contribution in [0, 0.1) is 0 Å². The van der Waals surface area contributed by atoms with Crippen molar-refractivity contribution in [3.05, 3.63) is 28.2 Å². The van der Waals surface area contributed by atoms with Gasteiger partial charge in [0.25, 0.3) is 0 Å². The van der Waals surface area contributed by atoms with Crippen LogP contribution in [0.15, 0.2) is 27.6 Å². The highest BCUT2D eigenvalue weighted by Crippen LogP contribution is 2.26. The van der Waals surface area contributed by atoms with Crippen LogP contribution in [-0.4, -0.2) is 24.6 Å². The van der Waals surface area contributed by atoms with Crippen molar-refractivity contribution in [3.8, 4) is 0 Å². The minimum atomic E-state index is -0.237. The number of benzene rings is 1. The van der Waals surface area contributed by atoms with Gasteiger partial charge in [-0.2, -0.15) is 0 Å². The van der Waals surface area contributed by atoms with Crippen LogP contribution < -0.4 is 0 Å². The molecule has 1 rings (SSSR count). The summed E-state index contributed by atoms with van der Waals surface area (Å²) in [5.74, 6) is 0.389. The van der Waals surface area contributed by atoms with Gasteiger partial charge in [-0.3, -0.25) is 9.59 Å². The zero-order chi connectivity index (χ0) is 12.8. The molecule has 92 valence electrons. The van der Waals surface area contributed by atoms with Crippen molar-refractivity contribution in [2.75, 3.05) is 12.9 Å². The molecule has 1 aromatic rings. The maximum absolute atomic E-state index is 11.4. The summed E-state index contributed by atoms with van der Waals surface area (Å²) in [7, 11) is 1.37. The van der Waals surface area contributed by atoms with E-state index in [2.05, 4.69) is 20.7 Å². The molecule has 0 radical (unpaired) electrons. The second-order valence-corrected chi connectivity index (χ2v) is 5.42. The highest BCUT2D eigenvalue weighted by atomic mass is 79.9. The van der Waals surface area contributed by atoms with Crippen molar-refractivity contribution < 1.29 is 14.3 Å². The van der Waals surface area contributed by atoms with E-state index >= 15 is 0 Å². The van der Waals surface area contributed by atoms with E-state index in [0.717, 1.165) is 9.37 Å². The lowest BCUT2D eigenvalue weighted by Gasteiger charge is -2.06. The summed E-state index contributed by atoms with van der Waals surface area (Å²) in [5.41, 5.74) is 0.675. The van der Waals surface area contributed by atoms with Crippen molar-refractivity contribution >= 4 is 39.4 Å². The molecule has 0 aliphatic heterocycles. The number of ether oxygens (including phenoxy) is 1. The molecule has 0 aliphatic carbocycles. The maximum atomic E-state index is 11.4. The fourth-order valence-corrected chi connectivity index (χ4v) is 2.62. The van der Waals surface area contributed by atoms with Crippen LogP contribution in [0.1, 0.15) is 23.7 Å². The highest BCUT2D eigenvalue weighted by molar-refractivity contribution is 9.10. The molecule has 0 bridgehead atoms. The van der Waals surface area contributed by atoms with Crippen LogP contribution in [0.25, 0.3) is 0 Å². The molecule has 0 unspecified atom stereocenters. The van der Waals surface area contributed by atoms with E-state index < -0.39 is 0 Å². The van der Waals surface area contributed by atoms with Gasteiger partial charge in [0.15, 0.2) is 5.78 Å². The average molecular weight is 317 g/mol. The molecule has 0 heterocycles. The summed E-state index contributed by atoms with van der Waals surface area (Å²) in [6.45, 7) is 1.53. The van der Waals surface area contributed by atoms with Gasteiger partial charge in [0, 0.05) is 20.7 Å². The smallest absolute Gasteiger partial charge is 0.306 e. The zero-order valence-electron chi connectivity index (χ0n) is 9.66. The Morgan fingerprint density at radius 3 is 2.71 bits per heavy atom. The molecule has 0 spiro atoms. The summed E-state index contributed by atoms with van der Waals surface area (Å²) in [5, 5.41) is 0. The molecule has 0 fully saturated rings. The number of carbonyl (C=O) groups excluding carboxylic acids is 2. The minimum absolute atomic E-state index is 0.0202. The van der Waals surface area contributed by atoms with E-state index in [0.29, 0.717) is 17.7 Å². The van der Waals surface area contributed by atoms with Crippen LogP contribution in [0.4, 0.5) is 0 Å². The van der Waals surface area contributed by atoms with Crippen LogP contribution >= 0.6 is 27.7 Å². The zero-order valence-corrected chi connectivity index (χ0v) is 12.1. The number of ketones is 1. The Balaban J connectivity index is 2.70. The number of esters is 1. The van der Waals surface area contributed by atoms with Gasteiger partial charge < -0.3 is 4.74 Å². The van der Waals surface area contributed by atoms with Crippen molar-refractivity contribution in [2.24, 2.45) is 0 Å². The van der Waals surface area contributed by atoms with Gasteiger partial charge in [-0.05, 0) is 25.1 Å². The molecule has 5 heteroatoms. The van der Waals surface area contributed by atoms with E-state index in [1.165, 1.54) is 25.8 Å². The predicted octanol–water partition coefficient (Wildman–Crippen LogP) is 3.31. The topological polar surface area (TPSA) is 43.4 Å². The number of Topliss-reactive ketones (excluding diaryl/α,β-unsaturated/α-hetero) is 1. The minimum Gasteiger partial charge on any atom is -0.469 e. The SMILES string of the molecule is COC(=O)CCSc1ccc(Br)cc1C(C)=O. The van der Waals surface area contributed by atoms with Crippen molar-refractivity contribution in [3.63, 3.8) is 0 Å². The number of hydrogen-bond acceptors (Lipinski definition) is 4. The summed E-state index contributed by atoms with van der Waals surface area (Å²) in [4.78, 5) is 23.3. The first-order valence-electron chi connectivity index (χ1n) is 5.04. The van der Waals surface area contributed by atoms with E-state index in [1.807, 2.05) is 12.1 Å². The molecular weight excluding hydrogens is 304 g/mol. The Morgan fingerprint density at radius 1 is 1.41 bits per heavy atom. The van der Waals surface area contributed by atoms with Gasteiger partial charge in [-0.1, -0.05) is 15.9 Å². The first kappa shape index (κ1) is 14.3. The van der Waals surface area contributed by atoms with Gasteiger partial charge in [0.1, 0.15) is 0 Å². The molecule has 3 nitrogen and oxygen atoms in total. The third-order valence-corrected chi connectivity index (χ3v) is 3.68. The fourth-order valence-electron chi connectivity index (χ4n) is 1.25. The normalized spacial score (nSPS) is 10.1. The molecular formula is C12H13BrO3S. The van der Waals surface area contributed by atoms with Crippen molar-refractivity contribution in [1.29, 1.82) is 0 Å². The standard InChI is InChI=1S/C12H13BrO3S/c1-8(14)10-7-9(13)3-4-11(10)17-6-5-12(15)16-2/h3-4,7H,5-6H2,1-2H3. The number of thioether (sulfide) groups is 1. The molecule has 0 aromatic heterocycles. The predicted molar refractivity (Wildman–Crippen MR) is 71.5 cm³/mol. The lowest BCUT2D eigenvalue weighted by Crippen LogP contribution is -2.02. The maximum Gasteiger partial charge on any atom is 0.306 e. The summed E-state index contributed by atoms with van der Waals surface area (Å²) in [6.07, 6.45) is 0.342. The molecule has 17 heavy (non-hydrogen) atoms. The Kier molecular flexibility index (Phi) is 5.71. The highest BCUT2D eigenvalue weighted by Gasteiger charge is 2.09. The first-order chi connectivity index (χ1) is 8.04. The number of carbonyl (C=O) groups is 2.